The Morgan fingerprint density at radius 1 is 0.619 bits per heavy atom. The van der Waals surface area contributed by atoms with Crippen molar-refractivity contribution in [1.82, 2.24) is 10.6 Å². The normalized spacial score (nSPS) is 12.9. The van der Waals surface area contributed by atoms with Crippen molar-refractivity contribution in [3.05, 3.63) is 102 Å². The van der Waals surface area contributed by atoms with Gasteiger partial charge in [0.15, 0.2) is 0 Å². The summed E-state index contributed by atoms with van der Waals surface area (Å²) in [6.45, 7) is 11.0. The van der Waals surface area contributed by atoms with Crippen LogP contribution in [0.15, 0.2) is 84.9 Å². The molecule has 224 valence electrons. The van der Waals surface area contributed by atoms with Crippen LogP contribution in [0.2, 0.25) is 0 Å². The largest absolute Gasteiger partial charge is 0.489 e. The Hall–Kier alpha value is -4.33. The maximum absolute atomic E-state index is 13.6. The maximum atomic E-state index is 13.6. The summed E-state index contributed by atoms with van der Waals surface area (Å²) in [6.07, 6.45) is -0.341. The Morgan fingerprint density at radius 2 is 1.12 bits per heavy atom. The van der Waals surface area contributed by atoms with E-state index in [2.05, 4.69) is 10.6 Å². The summed E-state index contributed by atoms with van der Waals surface area (Å²) in [5, 5.41) is 5.50. The average molecular weight is 575 g/mol. The van der Waals surface area contributed by atoms with Gasteiger partial charge in [-0.15, -0.1) is 0 Å². The van der Waals surface area contributed by atoms with Crippen LogP contribution in [0.3, 0.4) is 0 Å². The van der Waals surface area contributed by atoms with Gasteiger partial charge in [0.25, 0.3) is 0 Å². The van der Waals surface area contributed by atoms with Gasteiger partial charge >= 0.3 is 12.1 Å². The molecule has 0 aromatic heterocycles. The van der Waals surface area contributed by atoms with E-state index in [1.54, 1.807) is 41.5 Å². The minimum absolute atomic E-state index is 0.163. The molecule has 42 heavy (non-hydrogen) atoms. The second-order valence-corrected chi connectivity index (χ2v) is 12.1. The predicted octanol–water partition coefficient (Wildman–Crippen LogP) is 5.77. The van der Waals surface area contributed by atoms with Gasteiger partial charge in [-0.2, -0.15) is 0 Å². The molecule has 0 saturated carbocycles. The highest BCUT2D eigenvalue weighted by atomic mass is 16.6. The highest BCUT2D eigenvalue weighted by Gasteiger charge is 2.31. The van der Waals surface area contributed by atoms with E-state index in [-0.39, 0.29) is 12.8 Å². The van der Waals surface area contributed by atoms with E-state index in [9.17, 15) is 14.4 Å². The Balaban J connectivity index is 1.77. The molecule has 0 bridgehead atoms. The molecule has 3 aromatic carbocycles. The molecule has 0 aliphatic heterocycles. The molecule has 8 heteroatoms. The number of carbonyl (C=O) groups excluding carboxylic acids is 3. The molecule has 0 heterocycles. The summed E-state index contributed by atoms with van der Waals surface area (Å²) in [4.78, 5) is 39.5. The lowest BCUT2D eigenvalue weighted by atomic mass is 10.0. The van der Waals surface area contributed by atoms with Crippen molar-refractivity contribution in [3.8, 4) is 5.75 Å². The zero-order valence-electron chi connectivity index (χ0n) is 25.3. The van der Waals surface area contributed by atoms with Gasteiger partial charge in [0, 0.05) is 12.8 Å². The van der Waals surface area contributed by atoms with Gasteiger partial charge in [0.2, 0.25) is 5.91 Å². The second-order valence-electron chi connectivity index (χ2n) is 12.1. The lowest BCUT2D eigenvalue weighted by Gasteiger charge is -2.27. The quantitative estimate of drug-likeness (QED) is 0.282. The SMILES string of the molecule is CC(C)(C)OC(=O)N[C@@H](Cc1ccc(OCc2ccccc2)cc1)C(=O)N[C@@H](Cc1ccccc1)C(=O)OC(C)(C)C. The summed E-state index contributed by atoms with van der Waals surface area (Å²) < 4.78 is 16.9. The van der Waals surface area contributed by atoms with Crippen LogP contribution in [0.5, 0.6) is 5.75 Å². The van der Waals surface area contributed by atoms with Crippen LogP contribution >= 0.6 is 0 Å². The molecule has 0 spiro atoms. The van der Waals surface area contributed by atoms with Crippen molar-refractivity contribution < 1.29 is 28.6 Å². The van der Waals surface area contributed by atoms with E-state index in [4.69, 9.17) is 14.2 Å². The number of rotatable bonds is 11. The lowest BCUT2D eigenvalue weighted by molar-refractivity contribution is -0.158. The third kappa shape index (κ3) is 11.6. The van der Waals surface area contributed by atoms with Gasteiger partial charge in [-0.25, -0.2) is 9.59 Å². The van der Waals surface area contributed by atoms with E-state index in [0.717, 1.165) is 16.7 Å². The Labute approximate surface area is 248 Å². The van der Waals surface area contributed by atoms with Crippen LogP contribution in [0.25, 0.3) is 0 Å². The zero-order valence-corrected chi connectivity index (χ0v) is 25.3. The second kappa shape index (κ2) is 14.5. The van der Waals surface area contributed by atoms with Crippen LogP contribution in [-0.2, 0) is 38.5 Å². The summed E-state index contributed by atoms with van der Waals surface area (Å²) >= 11 is 0. The summed E-state index contributed by atoms with van der Waals surface area (Å²) in [7, 11) is 0. The van der Waals surface area contributed by atoms with E-state index >= 15 is 0 Å². The topological polar surface area (TPSA) is 103 Å². The predicted molar refractivity (Wildman–Crippen MR) is 162 cm³/mol. The van der Waals surface area contributed by atoms with Gasteiger partial charge in [0.1, 0.15) is 35.6 Å². The van der Waals surface area contributed by atoms with Crippen LogP contribution in [0.1, 0.15) is 58.2 Å². The molecule has 3 aromatic rings. The Kier molecular flexibility index (Phi) is 11.1. The number of nitrogens with one attached hydrogen (secondary N) is 2. The molecule has 3 rings (SSSR count). The molecule has 0 saturated heterocycles. The molecular weight excluding hydrogens is 532 g/mol. The van der Waals surface area contributed by atoms with Gasteiger partial charge in [0.05, 0.1) is 0 Å². The van der Waals surface area contributed by atoms with Gasteiger partial charge in [-0.05, 0) is 70.4 Å². The number of alkyl carbamates (subject to hydrolysis) is 1. The van der Waals surface area contributed by atoms with Crippen molar-refractivity contribution in [2.75, 3.05) is 0 Å². The minimum atomic E-state index is -1.02. The van der Waals surface area contributed by atoms with Crippen LogP contribution < -0.4 is 15.4 Å². The van der Waals surface area contributed by atoms with Crippen LogP contribution in [0, 0.1) is 0 Å². The first kappa shape index (κ1) is 32.2. The highest BCUT2D eigenvalue weighted by Crippen LogP contribution is 2.17. The molecule has 2 atom stereocenters. The number of ether oxygens (including phenoxy) is 3. The van der Waals surface area contributed by atoms with E-state index in [0.29, 0.717) is 12.4 Å². The third-order valence-corrected chi connectivity index (χ3v) is 5.91. The van der Waals surface area contributed by atoms with Gasteiger partial charge < -0.3 is 24.8 Å². The number of hydrogen-bond donors (Lipinski definition) is 2. The van der Waals surface area contributed by atoms with E-state index in [1.165, 1.54) is 0 Å². The fourth-order valence-corrected chi connectivity index (χ4v) is 4.05. The smallest absolute Gasteiger partial charge is 0.408 e. The van der Waals surface area contributed by atoms with Gasteiger partial charge in [-0.3, -0.25) is 4.79 Å². The molecule has 0 aliphatic carbocycles. The first-order valence-electron chi connectivity index (χ1n) is 14.1. The summed E-state index contributed by atoms with van der Waals surface area (Å²) in [6, 6.07) is 24.5. The molecule has 0 fully saturated rings. The van der Waals surface area contributed by atoms with Crippen LogP contribution in [-0.4, -0.2) is 41.3 Å². The minimum Gasteiger partial charge on any atom is -0.489 e. The molecule has 0 unspecified atom stereocenters. The fourth-order valence-electron chi connectivity index (χ4n) is 4.05. The molecule has 2 N–H and O–H groups in total. The zero-order chi connectivity index (χ0) is 30.8. The highest BCUT2D eigenvalue weighted by molar-refractivity contribution is 5.90. The fraction of sp³-hybridized carbons (Fsp3) is 0.382. The van der Waals surface area contributed by atoms with Crippen molar-refractivity contribution in [3.63, 3.8) is 0 Å². The van der Waals surface area contributed by atoms with E-state index in [1.807, 2.05) is 84.9 Å². The molecular formula is C34H42N2O6. The van der Waals surface area contributed by atoms with Crippen molar-refractivity contribution in [2.45, 2.75) is 84.3 Å². The summed E-state index contributed by atoms with van der Waals surface area (Å²) in [5.74, 6) is -0.413. The Morgan fingerprint density at radius 3 is 1.67 bits per heavy atom. The molecule has 8 nitrogen and oxygen atoms in total. The Bertz CT molecular complexity index is 1300. The number of benzene rings is 3. The average Bonchev–Trinajstić information content (AvgIpc) is 2.91. The molecule has 2 amide bonds. The van der Waals surface area contributed by atoms with E-state index < -0.39 is 41.3 Å². The van der Waals surface area contributed by atoms with Gasteiger partial charge in [-0.1, -0.05) is 72.8 Å². The first-order chi connectivity index (χ1) is 19.8. The number of carbonyl (C=O) groups is 3. The first-order valence-corrected chi connectivity index (χ1v) is 14.1. The van der Waals surface area contributed by atoms with Crippen molar-refractivity contribution >= 4 is 18.0 Å². The molecule has 0 radical (unpaired) electrons. The monoisotopic (exact) mass is 574 g/mol. The maximum Gasteiger partial charge on any atom is 0.408 e. The third-order valence-electron chi connectivity index (χ3n) is 5.91. The molecule has 0 aliphatic rings. The van der Waals surface area contributed by atoms with Crippen LogP contribution in [0.4, 0.5) is 4.79 Å². The van der Waals surface area contributed by atoms with Crippen molar-refractivity contribution in [1.29, 1.82) is 0 Å². The number of hydrogen-bond acceptors (Lipinski definition) is 6. The number of esters is 1. The van der Waals surface area contributed by atoms with Crippen molar-refractivity contribution in [2.24, 2.45) is 0 Å². The number of amides is 2. The standard InChI is InChI=1S/C34H42N2O6/c1-33(2,3)41-31(38)29(22-24-13-9-7-10-14-24)35-30(37)28(36-32(39)42-34(4,5)6)21-25-17-19-27(20-18-25)40-23-26-15-11-8-12-16-26/h7-20,28-29H,21-23H2,1-6H3,(H,35,37)(H,36,39)/t28-,29-/m0/s1. The lowest BCUT2D eigenvalue weighted by Crippen LogP contribution is -2.54. The summed E-state index contributed by atoms with van der Waals surface area (Å²) in [5.41, 5.74) is 1.20.